The van der Waals surface area contributed by atoms with Crippen molar-refractivity contribution in [3.05, 3.63) is 23.8 Å². The Morgan fingerprint density at radius 3 is 2.95 bits per heavy atom. The van der Waals surface area contributed by atoms with Crippen LogP contribution in [0, 0.1) is 0 Å². The van der Waals surface area contributed by atoms with Gasteiger partial charge in [0.2, 0.25) is 5.91 Å². The lowest BCUT2D eigenvalue weighted by atomic mass is 10.2. The monoisotopic (exact) mass is 282 g/mol. The summed E-state index contributed by atoms with van der Waals surface area (Å²) >= 11 is 1.73. The first-order chi connectivity index (χ1) is 9.24. The van der Waals surface area contributed by atoms with Crippen molar-refractivity contribution in [3.63, 3.8) is 0 Å². The lowest BCUT2D eigenvalue weighted by Crippen LogP contribution is -2.41. The molecule has 1 atom stereocenters. The number of rotatable bonds is 5. The fourth-order valence-corrected chi connectivity index (χ4v) is 2.81. The molecule has 0 bridgehead atoms. The van der Waals surface area contributed by atoms with E-state index in [2.05, 4.69) is 10.6 Å². The van der Waals surface area contributed by atoms with E-state index in [1.165, 1.54) is 0 Å². The second kappa shape index (κ2) is 6.68. The van der Waals surface area contributed by atoms with Crippen molar-refractivity contribution in [2.24, 2.45) is 0 Å². The molecule has 2 rings (SSSR count). The van der Waals surface area contributed by atoms with Crippen LogP contribution in [0.2, 0.25) is 0 Å². The highest BCUT2D eigenvalue weighted by atomic mass is 32.2. The summed E-state index contributed by atoms with van der Waals surface area (Å²) in [4.78, 5) is 11.9. The largest absolute Gasteiger partial charge is 0.497 e. The summed E-state index contributed by atoms with van der Waals surface area (Å²) in [6.45, 7) is 0.453. The van der Waals surface area contributed by atoms with Gasteiger partial charge in [-0.05, 0) is 12.1 Å². The Labute approximate surface area is 117 Å². The van der Waals surface area contributed by atoms with Crippen LogP contribution < -0.4 is 20.1 Å². The molecule has 1 heterocycles. The zero-order chi connectivity index (χ0) is 13.7. The lowest BCUT2D eigenvalue weighted by Gasteiger charge is -2.13. The van der Waals surface area contributed by atoms with Crippen molar-refractivity contribution in [3.8, 4) is 11.5 Å². The number of carbonyl (C=O) groups is 1. The fourth-order valence-electron chi connectivity index (χ4n) is 1.87. The van der Waals surface area contributed by atoms with E-state index in [0.29, 0.717) is 12.3 Å². The number of hydrogen-bond donors (Lipinski definition) is 2. The zero-order valence-electron chi connectivity index (χ0n) is 11.1. The number of amides is 1. The van der Waals surface area contributed by atoms with E-state index in [1.54, 1.807) is 26.0 Å². The Morgan fingerprint density at radius 2 is 2.32 bits per heavy atom. The quantitative estimate of drug-likeness (QED) is 0.843. The molecule has 0 aliphatic carbocycles. The first-order valence-electron chi connectivity index (χ1n) is 6.04. The summed E-state index contributed by atoms with van der Waals surface area (Å²) in [5.74, 6) is 3.15. The van der Waals surface area contributed by atoms with Crippen LogP contribution in [-0.2, 0) is 11.3 Å². The van der Waals surface area contributed by atoms with Gasteiger partial charge in [-0.3, -0.25) is 10.1 Å². The van der Waals surface area contributed by atoms with E-state index in [0.717, 1.165) is 22.9 Å². The number of ether oxygens (including phenoxy) is 2. The van der Waals surface area contributed by atoms with Gasteiger partial charge in [-0.15, -0.1) is 11.8 Å². The first-order valence-corrected chi connectivity index (χ1v) is 7.20. The maximum atomic E-state index is 11.9. The highest BCUT2D eigenvalue weighted by Crippen LogP contribution is 2.24. The molecule has 6 heteroatoms. The predicted molar refractivity (Wildman–Crippen MR) is 75.6 cm³/mol. The number of nitrogens with one attached hydrogen (secondary N) is 2. The standard InChI is InChI=1S/C13H18N2O3S/c1-17-10-4-3-9(12(5-10)18-2)6-14-13(16)11-7-19-8-15-11/h3-5,11,15H,6-8H2,1-2H3,(H,14,16). The molecule has 1 unspecified atom stereocenters. The molecule has 1 aliphatic heterocycles. The van der Waals surface area contributed by atoms with Gasteiger partial charge in [0.25, 0.3) is 0 Å². The molecule has 0 spiro atoms. The highest BCUT2D eigenvalue weighted by Gasteiger charge is 2.22. The summed E-state index contributed by atoms with van der Waals surface area (Å²) in [6.07, 6.45) is 0. The van der Waals surface area contributed by atoms with Crippen molar-refractivity contribution in [1.29, 1.82) is 0 Å². The Bertz CT molecular complexity index is 448. The molecule has 0 aromatic heterocycles. The van der Waals surface area contributed by atoms with Gasteiger partial charge in [-0.25, -0.2) is 0 Å². The first kappa shape index (κ1) is 14.0. The van der Waals surface area contributed by atoms with Gasteiger partial charge in [-0.2, -0.15) is 0 Å². The second-order valence-corrected chi connectivity index (χ2v) is 5.20. The van der Waals surface area contributed by atoms with E-state index in [1.807, 2.05) is 18.2 Å². The lowest BCUT2D eigenvalue weighted by molar-refractivity contribution is -0.122. The van der Waals surface area contributed by atoms with Crippen molar-refractivity contribution < 1.29 is 14.3 Å². The number of hydrogen-bond acceptors (Lipinski definition) is 5. The highest BCUT2D eigenvalue weighted by molar-refractivity contribution is 7.99. The zero-order valence-corrected chi connectivity index (χ0v) is 11.9. The van der Waals surface area contributed by atoms with E-state index in [4.69, 9.17) is 9.47 Å². The fraction of sp³-hybridized carbons (Fsp3) is 0.462. The molecule has 1 fully saturated rings. The van der Waals surface area contributed by atoms with Crippen LogP contribution in [0.5, 0.6) is 11.5 Å². The van der Waals surface area contributed by atoms with Crippen molar-refractivity contribution in [2.45, 2.75) is 12.6 Å². The third-order valence-corrected chi connectivity index (χ3v) is 3.92. The Hall–Kier alpha value is -1.40. The van der Waals surface area contributed by atoms with Gasteiger partial charge in [-0.1, -0.05) is 0 Å². The molecule has 1 aliphatic rings. The molecule has 1 aromatic rings. The average Bonchev–Trinajstić information content (AvgIpc) is 2.98. The minimum atomic E-state index is -0.0887. The topological polar surface area (TPSA) is 59.6 Å². The van der Waals surface area contributed by atoms with Crippen LogP contribution in [0.15, 0.2) is 18.2 Å². The SMILES string of the molecule is COc1ccc(CNC(=O)C2CSCN2)c(OC)c1. The van der Waals surface area contributed by atoms with Crippen molar-refractivity contribution in [1.82, 2.24) is 10.6 Å². The number of carbonyl (C=O) groups excluding carboxylic acids is 1. The maximum absolute atomic E-state index is 11.9. The molecule has 0 radical (unpaired) electrons. The number of benzene rings is 1. The van der Waals surface area contributed by atoms with Crippen LogP contribution in [0.1, 0.15) is 5.56 Å². The van der Waals surface area contributed by atoms with Crippen LogP contribution in [-0.4, -0.2) is 37.8 Å². The number of thioether (sulfide) groups is 1. The molecule has 19 heavy (non-hydrogen) atoms. The van der Waals surface area contributed by atoms with Gasteiger partial charge < -0.3 is 14.8 Å². The molecule has 5 nitrogen and oxygen atoms in total. The van der Waals surface area contributed by atoms with E-state index in [-0.39, 0.29) is 11.9 Å². The van der Waals surface area contributed by atoms with Gasteiger partial charge in [0.05, 0.1) is 20.3 Å². The van der Waals surface area contributed by atoms with Crippen LogP contribution in [0.25, 0.3) is 0 Å². The minimum Gasteiger partial charge on any atom is -0.497 e. The van der Waals surface area contributed by atoms with Crippen molar-refractivity contribution in [2.75, 3.05) is 25.8 Å². The van der Waals surface area contributed by atoms with Crippen LogP contribution in [0.3, 0.4) is 0 Å². The third-order valence-electron chi connectivity index (χ3n) is 2.98. The molecular weight excluding hydrogens is 264 g/mol. The van der Waals surface area contributed by atoms with Gasteiger partial charge >= 0.3 is 0 Å². The molecular formula is C13H18N2O3S. The third kappa shape index (κ3) is 3.54. The smallest absolute Gasteiger partial charge is 0.238 e. The van der Waals surface area contributed by atoms with E-state index < -0.39 is 0 Å². The molecule has 1 amide bonds. The summed E-state index contributed by atoms with van der Waals surface area (Å²) in [5.41, 5.74) is 0.933. The second-order valence-electron chi connectivity index (χ2n) is 4.17. The van der Waals surface area contributed by atoms with Gasteiger partial charge in [0, 0.05) is 29.8 Å². The molecule has 2 N–H and O–H groups in total. The van der Waals surface area contributed by atoms with Crippen LogP contribution >= 0.6 is 11.8 Å². The van der Waals surface area contributed by atoms with Gasteiger partial charge in [0.1, 0.15) is 11.5 Å². The number of methoxy groups -OCH3 is 2. The molecule has 1 saturated heterocycles. The Morgan fingerprint density at radius 1 is 1.47 bits per heavy atom. The Balaban J connectivity index is 1.96. The van der Waals surface area contributed by atoms with E-state index >= 15 is 0 Å². The summed E-state index contributed by atoms with van der Waals surface area (Å²) < 4.78 is 10.4. The predicted octanol–water partition coefficient (Wildman–Crippen LogP) is 0.982. The summed E-state index contributed by atoms with van der Waals surface area (Å²) in [5, 5.41) is 6.06. The van der Waals surface area contributed by atoms with Crippen molar-refractivity contribution >= 4 is 17.7 Å². The normalized spacial score (nSPS) is 18.1. The maximum Gasteiger partial charge on any atom is 0.238 e. The van der Waals surface area contributed by atoms with Crippen LogP contribution in [0.4, 0.5) is 0 Å². The van der Waals surface area contributed by atoms with E-state index in [9.17, 15) is 4.79 Å². The summed E-state index contributed by atoms with van der Waals surface area (Å²) in [6, 6.07) is 5.47. The van der Waals surface area contributed by atoms with Gasteiger partial charge in [0.15, 0.2) is 0 Å². The molecule has 0 saturated carbocycles. The Kier molecular flexibility index (Phi) is 4.93. The average molecular weight is 282 g/mol. The minimum absolute atomic E-state index is 0.0304. The molecule has 104 valence electrons. The molecule has 1 aromatic carbocycles. The summed E-state index contributed by atoms with van der Waals surface area (Å²) in [7, 11) is 3.22.